The number of likely N-dealkylation sites (tertiary alicyclic amines) is 1. The molecule has 0 aromatic carbocycles. The van der Waals surface area contributed by atoms with Gasteiger partial charge in [0.25, 0.3) is 0 Å². The number of fused-ring (bicyclic) bond motifs is 2. The Morgan fingerprint density at radius 2 is 1.94 bits per heavy atom. The number of hydrogen-bond donors (Lipinski definition) is 1. The first-order valence-corrected chi connectivity index (χ1v) is 7.11. The van der Waals surface area contributed by atoms with Crippen molar-refractivity contribution in [1.82, 2.24) is 4.90 Å². The van der Waals surface area contributed by atoms with Crippen molar-refractivity contribution in [2.45, 2.75) is 45.1 Å². The van der Waals surface area contributed by atoms with Gasteiger partial charge in [-0.25, -0.2) is 4.79 Å². The maximum absolute atomic E-state index is 12.6. The molecule has 3 aliphatic rings. The van der Waals surface area contributed by atoms with Crippen LogP contribution in [0.3, 0.4) is 0 Å². The molecular weight excluding hydrogens is 230 g/mol. The maximum Gasteiger partial charge on any atom is 0.326 e. The lowest BCUT2D eigenvalue weighted by atomic mass is 9.87. The third kappa shape index (κ3) is 1.73. The van der Waals surface area contributed by atoms with Gasteiger partial charge in [-0.2, -0.15) is 0 Å². The minimum atomic E-state index is -0.837. The third-order valence-electron chi connectivity index (χ3n) is 5.29. The molecule has 100 valence electrons. The Labute approximate surface area is 107 Å². The molecule has 3 fully saturated rings. The van der Waals surface area contributed by atoms with E-state index in [1.54, 1.807) is 4.90 Å². The van der Waals surface area contributed by atoms with E-state index in [0.717, 1.165) is 18.8 Å². The summed E-state index contributed by atoms with van der Waals surface area (Å²) in [5, 5.41) is 9.28. The fourth-order valence-electron chi connectivity index (χ4n) is 4.33. The molecule has 4 nitrogen and oxygen atoms in total. The molecule has 0 aromatic rings. The van der Waals surface area contributed by atoms with E-state index in [0.29, 0.717) is 12.5 Å². The smallest absolute Gasteiger partial charge is 0.326 e. The molecule has 1 amide bonds. The Morgan fingerprint density at radius 1 is 1.17 bits per heavy atom. The fourth-order valence-corrected chi connectivity index (χ4v) is 4.33. The minimum absolute atomic E-state index is 0.0880. The number of aliphatic carboxylic acids is 1. The summed E-state index contributed by atoms with van der Waals surface area (Å²) in [7, 11) is 0. The van der Waals surface area contributed by atoms with Gasteiger partial charge in [-0.3, -0.25) is 4.79 Å². The highest BCUT2D eigenvalue weighted by Crippen LogP contribution is 2.49. The van der Waals surface area contributed by atoms with Crippen LogP contribution in [-0.4, -0.2) is 34.5 Å². The molecule has 4 heteroatoms. The molecule has 1 heterocycles. The molecule has 0 aromatic heterocycles. The van der Waals surface area contributed by atoms with Crippen LogP contribution < -0.4 is 0 Å². The van der Waals surface area contributed by atoms with E-state index in [1.807, 2.05) is 6.92 Å². The van der Waals surface area contributed by atoms with E-state index in [1.165, 1.54) is 19.3 Å². The van der Waals surface area contributed by atoms with Gasteiger partial charge < -0.3 is 10.0 Å². The van der Waals surface area contributed by atoms with Gasteiger partial charge in [0.15, 0.2) is 0 Å². The summed E-state index contributed by atoms with van der Waals surface area (Å²) >= 11 is 0. The highest BCUT2D eigenvalue weighted by molar-refractivity contribution is 5.86. The van der Waals surface area contributed by atoms with Gasteiger partial charge in [0.1, 0.15) is 6.04 Å². The van der Waals surface area contributed by atoms with E-state index in [2.05, 4.69) is 0 Å². The van der Waals surface area contributed by atoms with Gasteiger partial charge in [-0.05, 0) is 43.4 Å². The molecule has 5 atom stereocenters. The second-order valence-corrected chi connectivity index (χ2v) is 6.36. The van der Waals surface area contributed by atoms with E-state index >= 15 is 0 Å². The Hall–Kier alpha value is -1.06. The van der Waals surface area contributed by atoms with Crippen molar-refractivity contribution in [1.29, 1.82) is 0 Å². The molecule has 0 radical (unpaired) electrons. The summed E-state index contributed by atoms with van der Waals surface area (Å²) in [5.74, 6) is 0.761. The van der Waals surface area contributed by atoms with Crippen LogP contribution in [0.25, 0.3) is 0 Å². The third-order valence-corrected chi connectivity index (χ3v) is 5.29. The molecule has 2 bridgehead atoms. The van der Waals surface area contributed by atoms with E-state index in [4.69, 9.17) is 0 Å². The van der Waals surface area contributed by atoms with Crippen molar-refractivity contribution < 1.29 is 14.7 Å². The van der Waals surface area contributed by atoms with Crippen LogP contribution in [0.5, 0.6) is 0 Å². The highest BCUT2D eigenvalue weighted by Gasteiger charge is 2.48. The summed E-state index contributed by atoms with van der Waals surface area (Å²) in [6.45, 7) is 2.57. The first kappa shape index (κ1) is 12.0. The lowest BCUT2D eigenvalue weighted by Gasteiger charge is -2.29. The Morgan fingerprint density at radius 3 is 2.50 bits per heavy atom. The van der Waals surface area contributed by atoms with Crippen LogP contribution in [-0.2, 0) is 9.59 Å². The van der Waals surface area contributed by atoms with Crippen molar-refractivity contribution in [2.24, 2.45) is 23.7 Å². The first-order valence-electron chi connectivity index (χ1n) is 7.11. The normalized spacial score (nSPS) is 42.5. The summed E-state index contributed by atoms with van der Waals surface area (Å²) in [6, 6.07) is -0.586. The SMILES string of the molecule is CC1CCN(C(=O)C2CC3CCC2C3)C1C(=O)O. The Kier molecular flexibility index (Phi) is 2.83. The lowest BCUT2D eigenvalue weighted by Crippen LogP contribution is -2.46. The van der Waals surface area contributed by atoms with E-state index < -0.39 is 12.0 Å². The van der Waals surface area contributed by atoms with E-state index in [-0.39, 0.29) is 17.7 Å². The first-order chi connectivity index (χ1) is 8.58. The largest absolute Gasteiger partial charge is 0.480 e. The number of carboxylic acid groups (broad SMARTS) is 1. The van der Waals surface area contributed by atoms with Gasteiger partial charge in [-0.1, -0.05) is 13.3 Å². The van der Waals surface area contributed by atoms with Crippen LogP contribution in [0.1, 0.15) is 39.0 Å². The zero-order valence-electron chi connectivity index (χ0n) is 10.8. The molecule has 2 saturated carbocycles. The predicted molar refractivity (Wildman–Crippen MR) is 65.9 cm³/mol. The highest BCUT2D eigenvalue weighted by atomic mass is 16.4. The molecule has 0 spiro atoms. The zero-order chi connectivity index (χ0) is 12.9. The second-order valence-electron chi connectivity index (χ2n) is 6.36. The average Bonchev–Trinajstić information content (AvgIpc) is 3.01. The number of hydrogen-bond acceptors (Lipinski definition) is 2. The molecule has 3 rings (SSSR count). The van der Waals surface area contributed by atoms with Crippen molar-refractivity contribution >= 4 is 11.9 Å². The number of carboxylic acids is 1. The zero-order valence-corrected chi connectivity index (χ0v) is 10.8. The summed E-state index contributed by atoms with van der Waals surface area (Å²) < 4.78 is 0. The number of rotatable bonds is 2. The number of carbonyl (C=O) groups excluding carboxylic acids is 1. The van der Waals surface area contributed by atoms with Gasteiger partial charge >= 0.3 is 5.97 Å². The minimum Gasteiger partial charge on any atom is -0.480 e. The predicted octanol–water partition coefficient (Wildman–Crippen LogP) is 1.74. The van der Waals surface area contributed by atoms with Crippen LogP contribution in [0.2, 0.25) is 0 Å². The molecular formula is C14H21NO3. The number of nitrogens with zero attached hydrogens (tertiary/aromatic N) is 1. The van der Waals surface area contributed by atoms with Crippen molar-refractivity contribution in [3.63, 3.8) is 0 Å². The second kappa shape index (κ2) is 4.25. The van der Waals surface area contributed by atoms with Crippen LogP contribution in [0.15, 0.2) is 0 Å². The molecule has 1 aliphatic heterocycles. The summed E-state index contributed by atoms with van der Waals surface area (Å²) in [4.78, 5) is 25.5. The monoisotopic (exact) mass is 251 g/mol. The molecule has 1 saturated heterocycles. The van der Waals surface area contributed by atoms with Crippen LogP contribution in [0, 0.1) is 23.7 Å². The van der Waals surface area contributed by atoms with Gasteiger partial charge in [0.05, 0.1) is 0 Å². The van der Waals surface area contributed by atoms with Gasteiger partial charge in [-0.15, -0.1) is 0 Å². The summed E-state index contributed by atoms with van der Waals surface area (Å²) in [5.41, 5.74) is 0. The average molecular weight is 251 g/mol. The molecule has 5 unspecified atom stereocenters. The van der Waals surface area contributed by atoms with Crippen molar-refractivity contribution in [3.05, 3.63) is 0 Å². The Balaban J connectivity index is 1.74. The topological polar surface area (TPSA) is 57.6 Å². The van der Waals surface area contributed by atoms with Gasteiger partial charge in [0, 0.05) is 12.5 Å². The van der Waals surface area contributed by atoms with Gasteiger partial charge in [0.2, 0.25) is 5.91 Å². The molecule has 18 heavy (non-hydrogen) atoms. The fraction of sp³-hybridized carbons (Fsp3) is 0.857. The standard InChI is InChI=1S/C14H21NO3/c1-8-4-5-15(12(8)14(17)18)13(16)11-7-9-2-3-10(11)6-9/h8-12H,2-7H2,1H3,(H,17,18). The molecule has 2 aliphatic carbocycles. The quantitative estimate of drug-likeness (QED) is 0.813. The Bertz CT molecular complexity index is 381. The van der Waals surface area contributed by atoms with Crippen molar-refractivity contribution in [2.75, 3.05) is 6.54 Å². The van der Waals surface area contributed by atoms with E-state index in [9.17, 15) is 14.7 Å². The van der Waals surface area contributed by atoms with Crippen LogP contribution in [0.4, 0.5) is 0 Å². The summed E-state index contributed by atoms with van der Waals surface area (Å²) in [6.07, 6.45) is 5.46. The van der Waals surface area contributed by atoms with Crippen LogP contribution >= 0.6 is 0 Å². The molecule has 1 N–H and O–H groups in total. The van der Waals surface area contributed by atoms with Crippen molar-refractivity contribution in [3.8, 4) is 0 Å². The number of amides is 1. The lowest BCUT2D eigenvalue weighted by molar-refractivity contribution is -0.151. The maximum atomic E-state index is 12.6. The number of carbonyl (C=O) groups is 2.